The van der Waals surface area contributed by atoms with E-state index in [1.807, 2.05) is 0 Å². The number of benzene rings is 1. The average molecular weight is 287 g/mol. The number of azide groups is 1. The summed E-state index contributed by atoms with van der Waals surface area (Å²) >= 11 is 0. The van der Waals surface area contributed by atoms with Crippen molar-refractivity contribution < 1.29 is 22.1 Å². The van der Waals surface area contributed by atoms with Crippen LogP contribution in [-0.4, -0.2) is 27.4 Å². The Morgan fingerprint density at radius 1 is 1.63 bits per heavy atom. The minimum absolute atomic E-state index is 0.103. The number of methoxy groups -OCH3 is 1. The van der Waals surface area contributed by atoms with Gasteiger partial charge in [0.05, 0.1) is 13.2 Å². The number of hydrogen-bond donors (Lipinski definition) is 1. The molecule has 0 radical (unpaired) electrons. The number of ketones is 1. The van der Waals surface area contributed by atoms with Crippen LogP contribution in [0.3, 0.4) is 0 Å². The molecule has 0 spiro atoms. The van der Waals surface area contributed by atoms with Gasteiger partial charge in [0.2, 0.25) is 10.0 Å². The van der Waals surface area contributed by atoms with Gasteiger partial charge in [0.15, 0.2) is 5.78 Å². The molecule has 1 aromatic rings. The molecule has 8 nitrogen and oxygen atoms in total. The second-order valence-electron chi connectivity index (χ2n) is 3.38. The minimum atomic E-state index is -4.20. The first-order chi connectivity index (χ1) is 10.0. The fourth-order valence-corrected chi connectivity index (χ4v) is 2.04. The molecule has 19 heavy (non-hydrogen) atoms. The Kier molecular flexibility index (Phi) is 3.24. The van der Waals surface area contributed by atoms with Gasteiger partial charge < -0.3 is 4.74 Å². The summed E-state index contributed by atoms with van der Waals surface area (Å²) in [5.41, 5.74) is 8.10. The normalized spacial score (nSPS) is 15.4. The van der Waals surface area contributed by atoms with Crippen LogP contribution in [0.5, 0.6) is 5.75 Å². The van der Waals surface area contributed by atoms with E-state index in [9.17, 15) is 13.2 Å². The largest absolute Gasteiger partial charge is 0.495 e. The smallest absolute Gasteiger partial charge is 0.241 e. The van der Waals surface area contributed by atoms with Gasteiger partial charge in [-0.15, -0.1) is 0 Å². The molecule has 0 fully saturated rings. The van der Waals surface area contributed by atoms with E-state index in [2.05, 4.69) is 10.0 Å². The standard InChI is InChI=1S/C10H12N4O4S/c1-6(13-14-11)10(15)7-3-4-8(18-2)9(5-7)19(12,16)17/h3-6H,1-2H3,(H2,12,16,17)/i1D3. The number of ether oxygens (including phenoxy) is 1. The third kappa shape index (κ3) is 3.44. The topological polar surface area (TPSA) is 135 Å². The second kappa shape index (κ2) is 5.70. The van der Waals surface area contributed by atoms with Crippen LogP contribution < -0.4 is 9.88 Å². The fourth-order valence-electron chi connectivity index (χ4n) is 1.31. The van der Waals surface area contributed by atoms with Gasteiger partial charge in [-0.05, 0) is 30.6 Å². The molecular formula is C10H12N4O4S. The summed E-state index contributed by atoms with van der Waals surface area (Å²) in [4.78, 5) is 14.0. The number of carbonyl (C=O) groups excluding carboxylic acids is 1. The number of rotatable bonds is 5. The van der Waals surface area contributed by atoms with E-state index >= 15 is 0 Å². The highest BCUT2D eigenvalue weighted by molar-refractivity contribution is 7.89. The second-order valence-corrected chi connectivity index (χ2v) is 4.91. The van der Waals surface area contributed by atoms with Crippen molar-refractivity contribution in [3.63, 3.8) is 0 Å². The lowest BCUT2D eigenvalue weighted by Gasteiger charge is -2.09. The van der Waals surface area contributed by atoms with Crippen LogP contribution in [0.25, 0.3) is 10.4 Å². The Morgan fingerprint density at radius 2 is 2.32 bits per heavy atom. The SMILES string of the molecule is [2H]C([2H])([2H])C(N=[N+]=[N-])C(=O)c1ccc(OC)c(S(N)(=O)=O)c1. The molecule has 0 aromatic heterocycles. The zero-order valence-corrected chi connectivity index (χ0v) is 10.6. The maximum Gasteiger partial charge on any atom is 0.241 e. The molecule has 1 rings (SSSR count). The predicted octanol–water partition coefficient (Wildman–Crippen LogP) is 1.22. The van der Waals surface area contributed by atoms with E-state index in [1.54, 1.807) is 0 Å². The van der Waals surface area contributed by atoms with Crippen LogP contribution in [0.1, 0.15) is 21.3 Å². The van der Waals surface area contributed by atoms with Crippen LogP contribution in [0.4, 0.5) is 0 Å². The van der Waals surface area contributed by atoms with Crippen LogP contribution in [0.2, 0.25) is 0 Å². The van der Waals surface area contributed by atoms with Gasteiger partial charge in [-0.3, -0.25) is 4.79 Å². The molecule has 0 aliphatic carbocycles. The van der Waals surface area contributed by atoms with Crippen LogP contribution >= 0.6 is 0 Å². The lowest BCUT2D eigenvalue weighted by molar-refractivity contribution is 0.0968. The van der Waals surface area contributed by atoms with Gasteiger partial charge in [0, 0.05) is 14.6 Å². The van der Waals surface area contributed by atoms with E-state index in [4.69, 9.17) is 19.5 Å². The Morgan fingerprint density at radius 3 is 2.79 bits per heavy atom. The van der Waals surface area contributed by atoms with Gasteiger partial charge in [-0.25, -0.2) is 13.6 Å². The van der Waals surface area contributed by atoms with E-state index in [0.29, 0.717) is 0 Å². The number of primary sulfonamides is 1. The van der Waals surface area contributed by atoms with Crippen molar-refractivity contribution in [2.75, 3.05) is 7.11 Å². The van der Waals surface area contributed by atoms with Crippen molar-refractivity contribution in [2.45, 2.75) is 17.8 Å². The molecule has 0 aliphatic heterocycles. The summed E-state index contributed by atoms with van der Waals surface area (Å²) in [7, 11) is -2.99. The van der Waals surface area contributed by atoms with Crippen molar-refractivity contribution in [1.29, 1.82) is 0 Å². The summed E-state index contributed by atoms with van der Waals surface area (Å²) in [5, 5.41) is 7.97. The maximum atomic E-state index is 12.2. The lowest BCUT2D eigenvalue weighted by Crippen LogP contribution is -2.17. The van der Waals surface area contributed by atoms with E-state index < -0.39 is 33.6 Å². The van der Waals surface area contributed by atoms with Crippen LogP contribution in [-0.2, 0) is 10.0 Å². The zero-order chi connectivity index (χ0) is 17.1. The monoisotopic (exact) mass is 287 g/mol. The van der Waals surface area contributed by atoms with E-state index in [0.717, 1.165) is 18.2 Å². The van der Waals surface area contributed by atoms with Crippen molar-refractivity contribution in [3.05, 3.63) is 34.2 Å². The van der Waals surface area contributed by atoms with Gasteiger partial charge in [-0.2, -0.15) is 0 Å². The molecule has 0 amide bonds. The number of nitrogens with two attached hydrogens (primary N) is 1. The summed E-state index contributed by atoms with van der Waals surface area (Å²) in [6.07, 6.45) is 0. The lowest BCUT2D eigenvalue weighted by atomic mass is 10.1. The molecule has 102 valence electrons. The van der Waals surface area contributed by atoms with Gasteiger partial charge in [0.25, 0.3) is 0 Å². The highest BCUT2D eigenvalue weighted by Gasteiger charge is 2.20. The van der Waals surface area contributed by atoms with Crippen molar-refractivity contribution in [3.8, 4) is 5.75 Å². The first-order valence-corrected chi connectivity index (χ1v) is 6.36. The van der Waals surface area contributed by atoms with Crippen LogP contribution in [0, 0.1) is 0 Å². The molecule has 0 aliphatic rings. The third-order valence-corrected chi connectivity index (χ3v) is 3.10. The highest BCUT2D eigenvalue weighted by atomic mass is 32.2. The van der Waals surface area contributed by atoms with Crippen LogP contribution in [0.15, 0.2) is 28.2 Å². The van der Waals surface area contributed by atoms with Crippen molar-refractivity contribution in [2.24, 2.45) is 10.3 Å². The van der Waals surface area contributed by atoms with E-state index in [1.165, 1.54) is 7.11 Å². The number of sulfonamides is 1. The Bertz CT molecular complexity index is 741. The Labute approximate surface area is 114 Å². The van der Waals surface area contributed by atoms with Gasteiger partial charge >= 0.3 is 0 Å². The van der Waals surface area contributed by atoms with Gasteiger partial charge in [-0.1, -0.05) is 5.11 Å². The molecule has 0 saturated carbocycles. The molecule has 1 atom stereocenters. The number of nitrogens with zero attached hydrogens (tertiary/aromatic N) is 3. The Balaban J connectivity index is 3.44. The van der Waals surface area contributed by atoms with E-state index in [-0.39, 0.29) is 11.3 Å². The third-order valence-electron chi connectivity index (χ3n) is 2.17. The molecule has 9 heteroatoms. The number of carbonyl (C=O) groups is 1. The van der Waals surface area contributed by atoms with Crippen molar-refractivity contribution in [1.82, 2.24) is 0 Å². The summed E-state index contributed by atoms with van der Waals surface area (Å²) < 4.78 is 49.4. The predicted molar refractivity (Wildman–Crippen MR) is 67.3 cm³/mol. The zero-order valence-electron chi connectivity index (χ0n) is 12.8. The molecule has 2 N–H and O–H groups in total. The molecular weight excluding hydrogens is 272 g/mol. The quantitative estimate of drug-likeness (QED) is 0.377. The highest BCUT2D eigenvalue weighted by Crippen LogP contribution is 2.24. The fraction of sp³-hybridized carbons (Fsp3) is 0.300. The molecule has 1 unspecified atom stereocenters. The van der Waals surface area contributed by atoms with Gasteiger partial charge in [0.1, 0.15) is 10.6 Å². The molecule has 0 saturated heterocycles. The first kappa shape index (κ1) is 10.8. The molecule has 0 heterocycles. The van der Waals surface area contributed by atoms with Crippen molar-refractivity contribution >= 4 is 15.8 Å². The maximum absolute atomic E-state index is 12.2. The first-order valence-electron chi connectivity index (χ1n) is 6.31. The number of hydrogen-bond acceptors (Lipinski definition) is 5. The average Bonchev–Trinajstić information content (AvgIpc) is 2.41. The molecule has 0 bridgehead atoms. The molecule has 1 aromatic carbocycles. The summed E-state index contributed by atoms with van der Waals surface area (Å²) in [5.74, 6) is -1.15. The Hall–Kier alpha value is -2.09. The number of Topliss-reactive ketones (excluding diaryl/α,β-unsaturated/α-hetero) is 1. The minimum Gasteiger partial charge on any atom is -0.495 e. The summed E-state index contributed by atoms with van der Waals surface area (Å²) in [6, 6.07) is 1.21. The summed E-state index contributed by atoms with van der Waals surface area (Å²) in [6.45, 7) is -2.87.